The van der Waals surface area contributed by atoms with E-state index in [4.69, 9.17) is 10.5 Å². The molecule has 0 atom stereocenters. The van der Waals surface area contributed by atoms with Gasteiger partial charge in [0.1, 0.15) is 0 Å². The molecule has 2 aliphatic rings. The van der Waals surface area contributed by atoms with E-state index in [9.17, 15) is 0 Å². The van der Waals surface area contributed by atoms with Crippen molar-refractivity contribution in [1.82, 2.24) is 24.4 Å². The zero-order chi connectivity index (χ0) is 19.6. The highest BCUT2D eigenvalue weighted by Crippen LogP contribution is 2.33. The quantitative estimate of drug-likeness (QED) is 0.688. The average Bonchev–Trinajstić information content (AvgIpc) is 3.40. The first-order valence-electron chi connectivity index (χ1n) is 10.4. The van der Waals surface area contributed by atoms with Crippen LogP contribution in [0.3, 0.4) is 0 Å². The molecule has 152 valence electrons. The van der Waals surface area contributed by atoms with Gasteiger partial charge in [-0.15, -0.1) is 0 Å². The van der Waals surface area contributed by atoms with Crippen LogP contribution < -0.4 is 11.1 Å². The molecule has 3 N–H and O–H groups in total. The SMILES string of the molecule is Nc1nc(Nc2ccc(CN3CCOCC3)cc2)c2ncn(C3CCCC3)c2n1. The van der Waals surface area contributed by atoms with Crippen LogP contribution in [0.4, 0.5) is 17.5 Å². The lowest BCUT2D eigenvalue weighted by atomic mass is 10.2. The number of aromatic nitrogens is 4. The molecule has 1 aliphatic carbocycles. The predicted octanol–water partition coefficient (Wildman–Crippen LogP) is 3.10. The Hall–Kier alpha value is -2.71. The van der Waals surface area contributed by atoms with Crippen LogP contribution in [0, 0.1) is 0 Å². The maximum absolute atomic E-state index is 6.01. The van der Waals surface area contributed by atoms with E-state index in [1.807, 2.05) is 6.33 Å². The highest BCUT2D eigenvalue weighted by Gasteiger charge is 2.21. The Kier molecular flexibility index (Phi) is 5.03. The average molecular weight is 393 g/mol. The number of nitrogens with two attached hydrogens (primary N) is 1. The summed E-state index contributed by atoms with van der Waals surface area (Å²) >= 11 is 0. The summed E-state index contributed by atoms with van der Waals surface area (Å²) in [7, 11) is 0. The fourth-order valence-corrected chi connectivity index (χ4v) is 4.32. The van der Waals surface area contributed by atoms with Gasteiger partial charge in [-0.2, -0.15) is 9.97 Å². The van der Waals surface area contributed by atoms with Gasteiger partial charge in [0, 0.05) is 31.4 Å². The maximum Gasteiger partial charge on any atom is 0.224 e. The summed E-state index contributed by atoms with van der Waals surface area (Å²) in [6.45, 7) is 4.56. The van der Waals surface area contributed by atoms with Gasteiger partial charge < -0.3 is 20.4 Å². The number of fused-ring (bicyclic) bond motifs is 1. The van der Waals surface area contributed by atoms with Crippen LogP contribution in [0.1, 0.15) is 37.3 Å². The first-order valence-corrected chi connectivity index (χ1v) is 10.4. The van der Waals surface area contributed by atoms with E-state index < -0.39 is 0 Å². The lowest BCUT2D eigenvalue weighted by Crippen LogP contribution is -2.35. The van der Waals surface area contributed by atoms with Gasteiger partial charge in [0.05, 0.1) is 19.5 Å². The molecule has 1 saturated heterocycles. The highest BCUT2D eigenvalue weighted by molar-refractivity contribution is 5.86. The van der Waals surface area contributed by atoms with E-state index in [1.54, 1.807) is 0 Å². The van der Waals surface area contributed by atoms with Gasteiger partial charge in [-0.3, -0.25) is 4.90 Å². The number of hydrogen-bond acceptors (Lipinski definition) is 7. The second-order valence-corrected chi connectivity index (χ2v) is 7.90. The second-order valence-electron chi connectivity index (χ2n) is 7.90. The zero-order valence-corrected chi connectivity index (χ0v) is 16.5. The minimum Gasteiger partial charge on any atom is -0.379 e. The molecule has 8 heteroatoms. The normalized spacial score (nSPS) is 18.5. The lowest BCUT2D eigenvalue weighted by molar-refractivity contribution is 0.0342. The molecule has 0 amide bonds. The number of ether oxygens (including phenoxy) is 1. The summed E-state index contributed by atoms with van der Waals surface area (Å²) in [6, 6.07) is 8.91. The first-order chi connectivity index (χ1) is 14.3. The number of rotatable bonds is 5. The van der Waals surface area contributed by atoms with Crippen molar-refractivity contribution in [2.24, 2.45) is 0 Å². The largest absolute Gasteiger partial charge is 0.379 e. The van der Waals surface area contributed by atoms with Crippen molar-refractivity contribution < 1.29 is 4.74 Å². The molecule has 1 aliphatic heterocycles. The third kappa shape index (κ3) is 3.90. The molecular formula is C21H27N7O. The molecule has 0 unspecified atom stereocenters. The van der Waals surface area contributed by atoms with Crippen LogP contribution in [-0.4, -0.2) is 50.7 Å². The summed E-state index contributed by atoms with van der Waals surface area (Å²) in [5.74, 6) is 0.925. The second kappa shape index (κ2) is 7.96. The number of benzene rings is 1. The van der Waals surface area contributed by atoms with Gasteiger partial charge in [-0.25, -0.2) is 4.98 Å². The molecule has 2 fully saturated rings. The molecule has 5 rings (SSSR count). The summed E-state index contributed by atoms with van der Waals surface area (Å²) < 4.78 is 7.58. The van der Waals surface area contributed by atoms with E-state index in [-0.39, 0.29) is 5.95 Å². The number of anilines is 3. The molecule has 0 bridgehead atoms. The van der Waals surface area contributed by atoms with Crippen molar-refractivity contribution in [2.75, 3.05) is 37.4 Å². The smallest absolute Gasteiger partial charge is 0.224 e. The Morgan fingerprint density at radius 3 is 2.59 bits per heavy atom. The number of nitrogen functional groups attached to an aromatic ring is 1. The molecule has 29 heavy (non-hydrogen) atoms. The first kappa shape index (κ1) is 18.3. The van der Waals surface area contributed by atoms with Crippen LogP contribution in [0.25, 0.3) is 11.2 Å². The van der Waals surface area contributed by atoms with E-state index in [1.165, 1.54) is 31.2 Å². The molecule has 3 aromatic rings. The topological polar surface area (TPSA) is 94.1 Å². The molecular weight excluding hydrogens is 366 g/mol. The molecule has 3 heterocycles. The molecule has 2 aromatic heterocycles. The van der Waals surface area contributed by atoms with Gasteiger partial charge in [-0.1, -0.05) is 25.0 Å². The Morgan fingerprint density at radius 2 is 1.83 bits per heavy atom. The van der Waals surface area contributed by atoms with Crippen molar-refractivity contribution >= 4 is 28.6 Å². The number of nitrogens with one attached hydrogen (secondary N) is 1. The lowest BCUT2D eigenvalue weighted by Gasteiger charge is -2.26. The van der Waals surface area contributed by atoms with Crippen molar-refractivity contribution in [3.63, 3.8) is 0 Å². The predicted molar refractivity (Wildman–Crippen MR) is 113 cm³/mol. The summed E-state index contributed by atoms with van der Waals surface area (Å²) in [5.41, 5.74) is 9.85. The van der Waals surface area contributed by atoms with Crippen LogP contribution in [0.5, 0.6) is 0 Å². The van der Waals surface area contributed by atoms with Crippen LogP contribution in [-0.2, 0) is 11.3 Å². The van der Waals surface area contributed by atoms with Crippen molar-refractivity contribution in [1.29, 1.82) is 0 Å². The van der Waals surface area contributed by atoms with Crippen LogP contribution in [0.15, 0.2) is 30.6 Å². The molecule has 0 spiro atoms. The Morgan fingerprint density at radius 1 is 1.07 bits per heavy atom. The standard InChI is InChI=1S/C21H27N7O/c22-21-25-19(18-20(26-21)28(14-23-18)17-3-1-2-4-17)24-16-7-5-15(6-8-16)13-27-9-11-29-12-10-27/h5-8,14,17H,1-4,9-13H2,(H3,22,24,25,26). The fourth-order valence-electron chi connectivity index (χ4n) is 4.32. The number of nitrogens with zero attached hydrogens (tertiary/aromatic N) is 5. The minimum atomic E-state index is 0.267. The van der Waals surface area contributed by atoms with Gasteiger partial charge in [0.2, 0.25) is 5.95 Å². The third-order valence-corrected chi connectivity index (χ3v) is 5.88. The molecule has 1 aromatic carbocycles. The van der Waals surface area contributed by atoms with Crippen molar-refractivity contribution in [3.8, 4) is 0 Å². The highest BCUT2D eigenvalue weighted by atomic mass is 16.5. The van der Waals surface area contributed by atoms with E-state index in [2.05, 4.69) is 54.0 Å². The van der Waals surface area contributed by atoms with Gasteiger partial charge >= 0.3 is 0 Å². The third-order valence-electron chi connectivity index (χ3n) is 5.88. The Balaban J connectivity index is 1.35. The number of imidazole rings is 1. The van der Waals surface area contributed by atoms with Crippen LogP contribution >= 0.6 is 0 Å². The number of morpholine rings is 1. The fraction of sp³-hybridized carbons (Fsp3) is 0.476. The van der Waals surface area contributed by atoms with E-state index in [0.29, 0.717) is 11.9 Å². The van der Waals surface area contributed by atoms with Crippen molar-refractivity contribution in [3.05, 3.63) is 36.2 Å². The molecule has 0 radical (unpaired) electrons. The Bertz CT molecular complexity index is 973. The van der Waals surface area contributed by atoms with Gasteiger partial charge in [-0.05, 0) is 30.5 Å². The zero-order valence-electron chi connectivity index (χ0n) is 16.5. The maximum atomic E-state index is 6.01. The van der Waals surface area contributed by atoms with Crippen LogP contribution in [0.2, 0.25) is 0 Å². The van der Waals surface area contributed by atoms with E-state index in [0.717, 1.165) is 49.7 Å². The van der Waals surface area contributed by atoms with E-state index >= 15 is 0 Å². The summed E-state index contributed by atoms with van der Waals surface area (Å²) in [5, 5.41) is 3.38. The molecule has 1 saturated carbocycles. The van der Waals surface area contributed by atoms with Gasteiger partial charge in [0.25, 0.3) is 0 Å². The minimum absolute atomic E-state index is 0.267. The number of hydrogen-bond donors (Lipinski definition) is 2. The summed E-state index contributed by atoms with van der Waals surface area (Å²) in [6.07, 6.45) is 6.73. The summed E-state index contributed by atoms with van der Waals surface area (Å²) in [4.78, 5) is 15.9. The van der Waals surface area contributed by atoms with Gasteiger partial charge in [0.15, 0.2) is 17.0 Å². The monoisotopic (exact) mass is 393 g/mol. The van der Waals surface area contributed by atoms with Crippen molar-refractivity contribution in [2.45, 2.75) is 38.3 Å². The molecule has 8 nitrogen and oxygen atoms in total. The Labute approximate surface area is 170 Å².